The standard InChI is InChI=1S/C27H31N3O4/c1-7-8-23(31)30(28-25(33)19-10-12-20(13-11-19)27(4,5)6)22-16-24(32)29(26(22)34)21-14-9-17(2)18(3)15-21/h7-15,22H,16H2,1-6H3,(H,28,33). The number of carbonyl (C=O) groups is 4. The van der Waals surface area contributed by atoms with Crippen LogP contribution in [0.25, 0.3) is 0 Å². The molecule has 1 unspecified atom stereocenters. The fourth-order valence-corrected chi connectivity index (χ4v) is 3.76. The van der Waals surface area contributed by atoms with Crippen molar-refractivity contribution in [2.75, 3.05) is 4.90 Å². The lowest BCUT2D eigenvalue weighted by Crippen LogP contribution is -2.54. The van der Waals surface area contributed by atoms with E-state index in [0.29, 0.717) is 11.3 Å². The van der Waals surface area contributed by atoms with E-state index in [1.54, 1.807) is 31.2 Å². The van der Waals surface area contributed by atoms with Crippen LogP contribution in [0.5, 0.6) is 0 Å². The van der Waals surface area contributed by atoms with Crippen LogP contribution < -0.4 is 10.3 Å². The van der Waals surface area contributed by atoms with Gasteiger partial charge in [-0.25, -0.2) is 9.91 Å². The van der Waals surface area contributed by atoms with Crippen molar-refractivity contribution in [1.82, 2.24) is 10.4 Å². The van der Waals surface area contributed by atoms with E-state index in [2.05, 4.69) is 26.2 Å². The molecule has 0 spiro atoms. The van der Waals surface area contributed by atoms with Crippen LogP contribution in [-0.4, -0.2) is 34.7 Å². The van der Waals surface area contributed by atoms with Crippen LogP contribution in [0.1, 0.15) is 61.2 Å². The molecule has 34 heavy (non-hydrogen) atoms. The molecule has 1 heterocycles. The summed E-state index contributed by atoms with van der Waals surface area (Å²) < 4.78 is 0. The summed E-state index contributed by atoms with van der Waals surface area (Å²) in [5.74, 6) is -2.12. The number of imide groups is 1. The van der Waals surface area contributed by atoms with Gasteiger partial charge in [-0.05, 0) is 67.1 Å². The highest BCUT2D eigenvalue weighted by Gasteiger charge is 2.45. The lowest BCUT2D eigenvalue weighted by atomic mass is 9.87. The van der Waals surface area contributed by atoms with Crippen molar-refractivity contribution in [3.8, 4) is 0 Å². The topological polar surface area (TPSA) is 86.8 Å². The molecule has 178 valence electrons. The molecule has 1 aliphatic heterocycles. The molecule has 1 saturated heterocycles. The number of anilines is 1. The molecule has 0 bridgehead atoms. The number of aryl methyl sites for hydroxylation is 2. The van der Waals surface area contributed by atoms with E-state index in [0.717, 1.165) is 26.6 Å². The summed E-state index contributed by atoms with van der Waals surface area (Å²) >= 11 is 0. The van der Waals surface area contributed by atoms with Gasteiger partial charge in [-0.3, -0.25) is 24.6 Å². The number of benzene rings is 2. The summed E-state index contributed by atoms with van der Waals surface area (Å²) in [5.41, 5.74) is 6.31. The van der Waals surface area contributed by atoms with Crippen LogP contribution in [0, 0.1) is 13.8 Å². The maximum absolute atomic E-state index is 13.3. The molecule has 0 saturated carbocycles. The molecule has 0 radical (unpaired) electrons. The van der Waals surface area contributed by atoms with Gasteiger partial charge in [0.2, 0.25) is 5.91 Å². The van der Waals surface area contributed by atoms with E-state index in [-0.39, 0.29) is 11.8 Å². The maximum atomic E-state index is 13.3. The second-order valence-corrected chi connectivity index (χ2v) is 9.53. The summed E-state index contributed by atoms with van der Waals surface area (Å²) in [4.78, 5) is 52.9. The molecule has 1 aliphatic rings. The number of hydrogen-bond donors (Lipinski definition) is 1. The Kier molecular flexibility index (Phi) is 7.05. The smallest absolute Gasteiger partial charge is 0.269 e. The van der Waals surface area contributed by atoms with Crippen molar-refractivity contribution in [3.63, 3.8) is 0 Å². The van der Waals surface area contributed by atoms with Crippen molar-refractivity contribution < 1.29 is 19.2 Å². The first kappa shape index (κ1) is 24.9. The molecule has 7 nitrogen and oxygen atoms in total. The molecule has 7 heteroatoms. The third-order valence-electron chi connectivity index (χ3n) is 5.96. The fraction of sp³-hybridized carbons (Fsp3) is 0.333. The summed E-state index contributed by atoms with van der Waals surface area (Å²) in [5, 5.41) is 0.960. The number of allylic oxidation sites excluding steroid dienone is 1. The second-order valence-electron chi connectivity index (χ2n) is 9.53. The average Bonchev–Trinajstić information content (AvgIpc) is 3.07. The zero-order valence-electron chi connectivity index (χ0n) is 20.5. The van der Waals surface area contributed by atoms with E-state index in [9.17, 15) is 19.2 Å². The van der Waals surface area contributed by atoms with Gasteiger partial charge >= 0.3 is 0 Å². The minimum atomic E-state index is -1.14. The number of amides is 4. The Morgan fingerprint density at radius 3 is 2.24 bits per heavy atom. The Morgan fingerprint density at radius 2 is 1.68 bits per heavy atom. The zero-order chi connectivity index (χ0) is 25.2. The van der Waals surface area contributed by atoms with Crippen molar-refractivity contribution in [1.29, 1.82) is 0 Å². The Bertz CT molecular complexity index is 1160. The molecule has 0 aliphatic carbocycles. The van der Waals surface area contributed by atoms with Crippen molar-refractivity contribution in [3.05, 3.63) is 76.9 Å². The van der Waals surface area contributed by atoms with Crippen LogP contribution in [-0.2, 0) is 19.8 Å². The number of carbonyl (C=O) groups excluding carboxylic acids is 4. The number of hydrazine groups is 1. The predicted molar refractivity (Wildman–Crippen MR) is 131 cm³/mol. The van der Waals surface area contributed by atoms with Crippen LogP contribution in [0.15, 0.2) is 54.6 Å². The van der Waals surface area contributed by atoms with Gasteiger partial charge in [0, 0.05) is 11.6 Å². The number of rotatable bonds is 4. The average molecular weight is 462 g/mol. The van der Waals surface area contributed by atoms with Crippen molar-refractivity contribution in [2.24, 2.45) is 0 Å². The number of nitrogens with zero attached hydrogens (tertiary/aromatic N) is 2. The van der Waals surface area contributed by atoms with Crippen molar-refractivity contribution in [2.45, 2.75) is 59.4 Å². The van der Waals surface area contributed by atoms with Gasteiger partial charge in [-0.2, -0.15) is 0 Å². The van der Waals surface area contributed by atoms with Crippen LogP contribution in [0.2, 0.25) is 0 Å². The fourth-order valence-electron chi connectivity index (χ4n) is 3.76. The highest BCUT2D eigenvalue weighted by molar-refractivity contribution is 6.23. The van der Waals surface area contributed by atoms with E-state index in [1.165, 1.54) is 12.2 Å². The van der Waals surface area contributed by atoms with E-state index >= 15 is 0 Å². The van der Waals surface area contributed by atoms with E-state index in [1.807, 2.05) is 32.0 Å². The molecular weight excluding hydrogens is 430 g/mol. The van der Waals surface area contributed by atoms with Crippen molar-refractivity contribution >= 4 is 29.3 Å². The molecule has 0 aromatic heterocycles. The van der Waals surface area contributed by atoms with Crippen LogP contribution in [0.4, 0.5) is 5.69 Å². The number of hydrogen-bond acceptors (Lipinski definition) is 4. The highest BCUT2D eigenvalue weighted by atomic mass is 16.2. The van der Waals surface area contributed by atoms with E-state index < -0.39 is 29.7 Å². The van der Waals surface area contributed by atoms with Crippen LogP contribution >= 0.6 is 0 Å². The van der Waals surface area contributed by atoms with Gasteiger partial charge in [0.05, 0.1) is 12.1 Å². The molecule has 2 aromatic carbocycles. The second kappa shape index (κ2) is 9.63. The molecule has 1 atom stereocenters. The third-order valence-corrected chi connectivity index (χ3v) is 5.96. The first-order valence-corrected chi connectivity index (χ1v) is 11.3. The number of nitrogens with one attached hydrogen (secondary N) is 1. The molecule has 1 fully saturated rings. The van der Waals surface area contributed by atoms with Gasteiger partial charge in [0.15, 0.2) is 0 Å². The van der Waals surface area contributed by atoms with Gasteiger partial charge in [0.25, 0.3) is 17.7 Å². The first-order chi connectivity index (χ1) is 15.9. The molecular formula is C27H31N3O4. The van der Waals surface area contributed by atoms with Gasteiger partial charge < -0.3 is 0 Å². The lowest BCUT2D eigenvalue weighted by molar-refractivity contribution is -0.137. The summed E-state index contributed by atoms with van der Waals surface area (Å²) in [6, 6.07) is 11.2. The Labute approximate surface area is 200 Å². The van der Waals surface area contributed by atoms with Gasteiger partial charge in [0.1, 0.15) is 6.04 Å². The van der Waals surface area contributed by atoms with Gasteiger partial charge in [-0.1, -0.05) is 45.0 Å². The minimum absolute atomic E-state index is 0.0721. The molecule has 1 N–H and O–H groups in total. The maximum Gasteiger partial charge on any atom is 0.269 e. The van der Waals surface area contributed by atoms with Crippen LogP contribution in [0.3, 0.4) is 0 Å². The molecule has 3 rings (SSSR count). The Balaban J connectivity index is 1.88. The SMILES string of the molecule is CC=CC(=O)N(NC(=O)c1ccc(C(C)(C)C)cc1)C1CC(=O)N(c2ccc(C)c(C)c2)C1=O. The monoisotopic (exact) mass is 461 g/mol. The highest BCUT2D eigenvalue weighted by Crippen LogP contribution is 2.27. The summed E-state index contributed by atoms with van der Waals surface area (Å²) in [7, 11) is 0. The normalized spacial score (nSPS) is 16.3. The summed E-state index contributed by atoms with van der Waals surface area (Å²) in [6.45, 7) is 11.7. The first-order valence-electron chi connectivity index (χ1n) is 11.3. The van der Waals surface area contributed by atoms with Gasteiger partial charge in [-0.15, -0.1) is 0 Å². The quantitative estimate of drug-likeness (QED) is 0.424. The Morgan fingerprint density at radius 1 is 1.03 bits per heavy atom. The molecule has 2 aromatic rings. The van der Waals surface area contributed by atoms with E-state index in [4.69, 9.17) is 0 Å². The summed E-state index contributed by atoms with van der Waals surface area (Å²) in [6.07, 6.45) is 2.54. The minimum Gasteiger partial charge on any atom is -0.274 e. The predicted octanol–water partition coefficient (Wildman–Crippen LogP) is 3.98. The lowest BCUT2D eigenvalue weighted by Gasteiger charge is -2.27. The zero-order valence-corrected chi connectivity index (χ0v) is 20.5. The molecule has 4 amide bonds. The Hall–Kier alpha value is -3.74. The third kappa shape index (κ3) is 5.09. The largest absolute Gasteiger partial charge is 0.274 e.